The van der Waals surface area contributed by atoms with Gasteiger partial charge in [-0.2, -0.15) is 4.31 Å². The van der Waals surface area contributed by atoms with Gasteiger partial charge in [0.05, 0.1) is 0 Å². The van der Waals surface area contributed by atoms with Crippen molar-refractivity contribution in [2.24, 2.45) is 11.8 Å². The van der Waals surface area contributed by atoms with Crippen LogP contribution in [0, 0.1) is 25.7 Å². The summed E-state index contributed by atoms with van der Waals surface area (Å²) in [5, 5.41) is 7.04. The fourth-order valence-corrected chi connectivity index (χ4v) is 6.43. The van der Waals surface area contributed by atoms with E-state index < -0.39 is 10.0 Å². The Balaban J connectivity index is 1.56. The van der Waals surface area contributed by atoms with Gasteiger partial charge in [-0.3, -0.25) is 4.79 Å². The quantitative estimate of drug-likeness (QED) is 0.744. The molecule has 2 fully saturated rings. The van der Waals surface area contributed by atoms with Crippen molar-refractivity contribution in [1.29, 1.82) is 0 Å². The van der Waals surface area contributed by atoms with Crippen LogP contribution in [-0.4, -0.2) is 42.9 Å². The highest BCUT2D eigenvalue weighted by atomic mass is 32.2. The first-order chi connectivity index (χ1) is 13.3. The number of carbonyl (C=O) groups is 1. The lowest BCUT2D eigenvalue weighted by molar-refractivity contribution is -0.127. The molecule has 0 aromatic carbocycles. The van der Waals surface area contributed by atoms with E-state index in [1.807, 2.05) is 0 Å². The molecule has 1 aromatic rings. The van der Waals surface area contributed by atoms with E-state index in [-0.39, 0.29) is 16.7 Å². The molecule has 3 rings (SSSR count). The predicted octanol–water partition coefficient (Wildman–Crippen LogP) is 3.17. The molecule has 0 spiro atoms. The molecule has 2 atom stereocenters. The van der Waals surface area contributed by atoms with Crippen LogP contribution < -0.4 is 5.32 Å². The maximum absolute atomic E-state index is 12.9. The molecule has 1 aliphatic carbocycles. The molecule has 2 heterocycles. The Kier molecular flexibility index (Phi) is 6.81. The lowest BCUT2D eigenvalue weighted by atomic mass is 9.94. The molecular weight excluding hydrogens is 378 g/mol. The number of rotatable bonds is 7. The number of hydrogen-bond acceptors (Lipinski definition) is 5. The zero-order valence-electron chi connectivity index (χ0n) is 17.2. The van der Waals surface area contributed by atoms with Gasteiger partial charge in [0.25, 0.3) is 0 Å². The van der Waals surface area contributed by atoms with E-state index in [4.69, 9.17) is 4.52 Å². The van der Waals surface area contributed by atoms with Crippen molar-refractivity contribution in [1.82, 2.24) is 14.8 Å². The standard InChI is InChI=1S/C20H33N3O4S/c1-4-5-7-16-8-6-9-18(16)21-20(24)17-10-12-23(13-11-17)28(25,26)19-14(2)22-27-15(19)3/h16-18H,4-13H2,1-3H3,(H,21,24). The van der Waals surface area contributed by atoms with E-state index in [2.05, 4.69) is 17.4 Å². The van der Waals surface area contributed by atoms with Gasteiger partial charge in [0.1, 0.15) is 10.6 Å². The molecule has 2 aliphatic rings. The first-order valence-electron chi connectivity index (χ1n) is 10.6. The van der Waals surface area contributed by atoms with Crippen molar-refractivity contribution in [3.05, 3.63) is 11.5 Å². The topological polar surface area (TPSA) is 92.5 Å². The van der Waals surface area contributed by atoms with Gasteiger partial charge in [-0.1, -0.05) is 31.3 Å². The van der Waals surface area contributed by atoms with Crippen molar-refractivity contribution >= 4 is 15.9 Å². The Morgan fingerprint density at radius 2 is 1.93 bits per heavy atom. The number of unbranched alkanes of at least 4 members (excludes halogenated alkanes) is 1. The summed E-state index contributed by atoms with van der Waals surface area (Å²) in [7, 11) is -3.63. The van der Waals surface area contributed by atoms with E-state index >= 15 is 0 Å². The third kappa shape index (κ3) is 4.43. The summed E-state index contributed by atoms with van der Waals surface area (Å²) in [5.74, 6) is 0.909. The zero-order valence-corrected chi connectivity index (χ0v) is 18.1. The van der Waals surface area contributed by atoms with E-state index in [0.29, 0.717) is 49.3 Å². The summed E-state index contributed by atoms with van der Waals surface area (Å²) in [6.07, 6.45) is 8.17. The van der Waals surface area contributed by atoms with Gasteiger partial charge in [-0.25, -0.2) is 8.42 Å². The Morgan fingerprint density at radius 1 is 1.21 bits per heavy atom. The van der Waals surface area contributed by atoms with Gasteiger partial charge in [-0.15, -0.1) is 0 Å². The van der Waals surface area contributed by atoms with Gasteiger partial charge in [-0.05, 0) is 51.9 Å². The number of carbonyl (C=O) groups excluding carboxylic acids is 1. The van der Waals surface area contributed by atoms with Crippen molar-refractivity contribution < 1.29 is 17.7 Å². The summed E-state index contributed by atoms with van der Waals surface area (Å²) in [4.78, 5) is 12.9. The smallest absolute Gasteiger partial charge is 0.248 e. The molecule has 1 aromatic heterocycles. The van der Waals surface area contributed by atoms with Gasteiger partial charge >= 0.3 is 0 Å². The number of piperidine rings is 1. The second kappa shape index (κ2) is 8.95. The summed E-state index contributed by atoms with van der Waals surface area (Å²) >= 11 is 0. The van der Waals surface area contributed by atoms with Crippen LogP contribution in [0.15, 0.2) is 9.42 Å². The highest BCUT2D eigenvalue weighted by Crippen LogP contribution is 2.31. The molecule has 1 aliphatic heterocycles. The minimum Gasteiger partial charge on any atom is -0.360 e. The van der Waals surface area contributed by atoms with Crippen LogP contribution in [0.1, 0.15) is 69.7 Å². The van der Waals surface area contributed by atoms with Gasteiger partial charge in [0.2, 0.25) is 15.9 Å². The second-order valence-electron chi connectivity index (χ2n) is 8.28. The van der Waals surface area contributed by atoms with Crippen LogP contribution in [0.3, 0.4) is 0 Å². The van der Waals surface area contributed by atoms with E-state index in [1.165, 1.54) is 36.4 Å². The van der Waals surface area contributed by atoms with Crippen LogP contribution in [0.5, 0.6) is 0 Å². The van der Waals surface area contributed by atoms with Crippen molar-refractivity contribution in [2.75, 3.05) is 13.1 Å². The molecule has 1 saturated heterocycles. The predicted molar refractivity (Wildman–Crippen MR) is 106 cm³/mol. The number of aryl methyl sites for hydroxylation is 2. The number of aromatic nitrogens is 1. The van der Waals surface area contributed by atoms with Crippen molar-refractivity contribution in [3.63, 3.8) is 0 Å². The Morgan fingerprint density at radius 3 is 2.54 bits per heavy atom. The Bertz CT molecular complexity index is 762. The van der Waals surface area contributed by atoms with E-state index in [0.717, 1.165) is 6.42 Å². The lowest BCUT2D eigenvalue weighted by Crippen LogP contribution is -2.46. The summed E-state index contributed by atoms with van der Waals surface area (Å²) in [6.45, 7) is 6.17. The summed E-state index contributed by atoms with van der Waals surface area (Å²) in [6, 6.07) is 0.295. The summed E-state index contributed by atoms with van der Waals surface area (Å²) < 4.78 is 32.3. The zero-order chi connectivity index (χ0) is 20.3. The molecule has 8 heteroatoms. The van der Waals surface area contributed by atoms with E-state index in [1.54, 1.807) is 13.8 Å². The Labute approximate surface area is 168 Å². The third-order valence-electron chi connectivity index (χ3n) is 6.31. The highest BCUT2D eigenvalue weighted by molar-refractivity contribution is 7.89. The van der Waals surface area contributed by atoms with Crippen LogP contribution >= 0.6 is 0 Å². The number of sulfonamides is 1. The molecule has 1 amide bonds. The highest BCUT2D eigenvalue weighted by Gasteiger charge is 2.36. The third-order valence-corrected chi connectivity index (χ3v) is 8.45. The number of amides is 1. The summed E-state index contributed by atoms with van der Waals surface area (Å²) in [5.41, 5.74) is 0.386. The number of nitrogens with zero attached hydrogens (tertiary/aromatic N) is 2. The van der Waals surface area contributed by atoms with Crippen LogP contribution in [0.4, 0.5) is 0 Å². The molecular formula is C20H33N3O4S. The SMILES string of the molecule is CCCCC1CCCC1NC(=O)C1CCN(S(=O)(=O)c2c(C)noc2C)CC1. The molecule has 2 unspecified atom stereocenters. The van der Waals surface area contributed by atoms with Gasteiger partial charge < -0.3 is 9.84 Å². The molecule has 28 heavy (non-hydrogen) atoms. The minimum atomic E-state index is -3.63. The normalized spacial score (nSPS) is 24.5. The molecule has 158 valence electrons. The average Bonchev–Trinajstić information content (AvgIpc) is 3.26. The second-order valence-corrected chi connectivity index (χ2v) is 10.2. The first-order valence-corrected chi connectivity index (χ1v) is 12.0. The fraction of sp³-hybridized carbons (Fsp3) is 0.800. The Hall–Kier alpha value is -1.41. The molecule has 0 radical (unpaired) electrons. The largest absolute Gasteiger partial charge is 0.360 e. The maximum Gasteiger partial charge on any atom is 0.248 e. The first kappa shape index (κ1) is 21.3. The lowest BCUT2D eigenvalue weighted by Gasteiger charge is -2.31. The molecule has 7 nitrogen and oxygen atoms in total. The number of nitrogens with one attached hydrogen (secondary N) is 1. The van der Waals surface area contributed by atoms with Crippen molar-refractivity contribution in [2.45, 2.75) is 83.1 Å². The molecule has 0 bridgehead atoms. The molecule has 1 saturated carbocycles. The van der Waals surface area contributed by atoms with Gasteiger partial charge in [0.15, 0.2) is 5.76 Å². The monoisotopic (exact) mass is 411 g/mol. The average molecular weight is 412 g/mol. The number of hydrogen-bond donors (Lipinski definition) is 1. The van der Waals surface area contributed by atoms with E-state index in [9.17, 15) is 13.2 Å². The van der Waals surface area contributed by atoms with Crippen LogP contribution in [0.25, 0.3) is 0 Å². The van der Waals surface area contributed by atoms with Crippen LogP contribution in [-0.2, 0) is 14.8 Å². The van der Waals surface area contributed by atoms with Crippen LogP contribution in [0.2, 0.25) is 0 Å². The fourth-order valence-electron chi connectivity index (χ4n) is 4.67. The molecule has 1 N–H and O–H groups in total. The van der Waals surface area contributed by atoms with Gasteiger partial charge in [0, 0.05) is 25.0 Å². The minimum absolute atomic E-state index is 0.0998. The van der Waals surface area contributed by atoms with Crippen molar-refractivity contribution in [3.8, 4) is 0 Å². The maximum atomic E-state index is 12.9.